The van der Waals surface area contributed by atoms with Crippen molar-refractivity contribution in [2.24, 2.45) is 5.92 Å². The lowest BCUT2D eigenvalue weighted by atomic mass is 10.0. The maximum atomic E-state index is 14.1. The van der Waals surface area contributed by atoms with Crippen LogP contribution in [0.15, 0.2) is 42.5 Å². The van der Waals surface area contributed by atoms with Crippen LogP contribution >= 0.6 is 0 Å². The van der Waals surface area contributed by atoms with E-state index in [4.69, 9.17) is 9.47 Å². The van der Waals surface area contributed by atoms with Crippen LogP contribution in [0.4, 0.5) is 33.7 Å². The molecule has 1 aliphatic rings. The third-order valence-electron chi connectivity index (χ3n) is 7.87. The van der Waals surface area contributed by atoms with Gasteiger partial charge in [-0.05, 0) is 75.6 Å². The fraction of sp³-hybridized carbons (Fsp3) is 0.545. The number of urea groups is 1. The van der Waals surface area contributed by atoms with Crippen LogP contribution in [0.2, 0.25) is 0 Å². The number of halogens is 4. The Kier molecular flexibility index (Phi) is 13.8. The first-order chi connectivity index (χ1) is 22.2. The van der Waals surface area contributed by atoms with Crippen molar-refractivity contribution in [2.75, 3.05) is 44.0 Å². The minimum absolute atomic E-state index is 0.0725. The van der Waals surface area contributed by atoms with E-state index >= 15 is 0 Å². The van der Waals surface area contributed by atoms with Crippen molar-refractivity contribution >= 4 is 29.2 Å². The monoisotopic (exact) mass is 668 g/mol. The summed E-state index contributed by atoms with van der Waals surface area (Å²) < 4.78 is 63.6. The molecule has 2 aromatic rings. The molecule has 0 unspecified atom stereocenters. The minimum Gasteiger partial charge on any atom is -0.490 e. The average molecular weight is 669 g/mol. The van der Waals surface area contributed by atoms with Gasteiger partial charge in [0, 0.05) is 50.5 Å². The summed E-state index contributed by atoms with van der Waals surface area (Å²) in [6.07, 6.45) is -5.30. The van der Waals surface area contributed by atoms with E-state index in [1.807, 2.05) is 13.8 Å². The summed E-state index contributed by atoms with van der Waals surface area (Å²) in [5.74, 6) is -1.91. The van der Waals surface area contributed by atoms with Crippen molar-refractivity contribution in [3.05, 3.63) is 53.8 Å². The summed E-state index contributed by atoms with van der Waals surface area (Å²) in [5, 5.41) is 15.2. The highest BCUT2D eigenvalue weighted by Crippen LogP contribution is 2.29. The molecule has 0 saturated heterocycles. The predicted octanol–water partition coefficient (Wildman–Crippen LogP) is 6.07. The highest BCUT2D eigenvalue weighted by Gasteiger charge is 2.31. The van der Waals surface area contributed by atoms with E-state index in [0.717, 1.165) is 6.42 Å². The van der Waals surface area contributed by atoms with Crippen LogP contribution in [0.1, 0.15) is 63.2 Å². The van der Waals surface area contributed by atoms with E-state index in [0.29, 0.717) is 25.1 Å². The first kappa shape index (κ1) is 37.5. The minimum atomic E-state index is -4.49. The summed E-state index contributed by atoms with van der Waals surface area (Å²) in [5.41, 5.74) is 0.618. The zero-order valence-electron chi connectivity index (χ0n) is 27.1. The zero-order chi connectivity index (χ0) is 34.7. The number of aliphatic hydroxyl groups excluding tert-OH is 1. The number of nitrogens with zero attached hydrogens (tertiary/aromatic N) is 2. The lowest BCUT2D eigenvalue weighted by Gasteiger charge is -2.35. The van der Waals surface area contributed by atoms with Crippen LogP contribution in [0, 0.1) is 11.7 Å². The van der Waals surface area contributed by atoms with Crippen LogP contribution in [0.3, 0.4) is 0 Å². The number of benzene rings is 2. The number of aliphatic hydroxyl groups is 1. The molecular formula is C33H44F4N4O6. The molecule has 0 radical (unpaired) electrons. The third-order valence-corrected chi connectivity index (χ3v) is 7.87. The van der Waals surface area contributed by atoms with Gasteiger partial charge in [-0.2, -0.15) is 13.2 Å². The van der Waals surface area contributed by atoms with Crippen LogP contribution < -0.4 is 15.4 Å². The lowest BCUT2D eigenvalue weighted by molar-refractivity contribution is -0.142. The number of hydrogen-bond acceptors (Lipinski definition) is 6. The highest BCUT2D eigenvalue weighted by atomic mass is 19.4. The van der Waals surface area contributed by atoms with Gasteiger partial charge < -0.3 is 35.0 Å². The molecule has 2 aromatic carbocycles. The molecule has 3 N–H and O–H groups in total. The number of ether oxygens (including phenoxy) is 2. The largest absolute Gasteiger partial charge is 0.490 e. The number of rotatable bonds is 8. The Morgan fingerprint density at radius 2 is 1.77 bits per heavy atom. The second-order valence-corrected chi connectivity index (χ2v) is 12.0. The molecule has 4 amide bonds. The maximum absolute atomic E-state index is 14.1. The predicted molar refractivity (Wildman–Crippen MR) is 169 cm³/mol. The zero-order valence-corrected chi connectivity index (χ0v) is 27.1. The number of carbonyl (C=O) groups excluding carboxylic acids is 3. The number of alkyl halides is 3. The van der Waals surface area contributed by atoms with Gasteiger partial charge in [-0.3, -0.25) is 9.59 Å². The Morgan fingerprint density at radius 3 is 2.43 bits per heavy atom. The van der Waals surface area contributed by atoms with Gasteiger partial charge in [0.05, 0.1) is 36.8 Å². The SMILES string of the molecule is C[C@@H]1CCCCO[C@@H](CN(C)C(=O)Nc2ccc(F)cc2)[C@@H](C)CN([C@H](C)CO)C(=O)c2cc(NC(=O)CCC(F)(F)F)ccc2O1. The van der Waals surface area contributed by atoms with Gasteiger partial charge in [0.2, 0.25) is 5.91 Å². The molecule has 0 fully saturated rings. The number of nitrogens with one attached hydrogen (secondary N) is 2. The van der Waals surface area contributed by atoms with Crippen molar-refractivity contribution in [1.82, 2.24) is 9.80 Å². The van der Waals surface area contributed by atoms with E-state index in [-0.39, 0.29) is 48.7 Å². The molecule has 3 rings (SSSR count). The second kappa shape index (κ2) is 17.3. The fourth-order valence-corrected chi connectivity index (χ4v) is 5.05. The lowest BCUT2D eigenvalue weighted by Crippen LogP contribution is -2.48. The molecule has 260 valence electrons. The van der Waals surface area contributed by atoms with Crippen LogP contribution in [0.5, 0.6) is 5.75 Å². The molecule has 0 spiro atoms. The summed E-state index contributed by atoms with van der Waals surface area (Å²) in [6.45, 7) is 5.67. The molecule has 10 nitrogen and oxygen atoms in total. The van der Waals surface area contributed by atoms with Gasteiger partial charge in [0.25, 0.3) is 5.91 Å². The van der Waals surface area contributed by atoms with E-state index in [1.54, 1.807) is 14.0 Å². The molecule has 0 saturated carbocycles. The summed E-state index contributed by atoms with van der Waals surface area (Å²) in [6, 6.07) is 8.61. The average Bonchev–Trinajstić information content (AvgIpc) is 3.02. The Hall–Kier alpha value is -3.91. The molecule has 0 bridgehead atoms. The van der Waals surface area contributed by atoms with Gasteiger partial charge in [-0.1, -0.05) is 6.92 Å². The quantitative estimate of drug-likeness (QED) is 0.294. The van der Waals surface area contributed by atoms with Crippen molar-refractivity contribution in [3.8, 4) is 5.75 Å². The maximum Gasteiger partial charge on any atom is 0.389 e. The van der Waals surface area contributed by atoms with Crippen molar-refractivity contribution in [3.63, 3.8) is 0 Å². The molecule has 1 aliphatic heterocycles. The molecular weight excluding hydrogens is 624 g/mol. The number of likely N-dealkylation sites (N-methyl/N-ethyl adjacent to an activating group) is 1. The molecule has 1 heterocycles. The summed E-state index contributed by atoms with van der Waals surface area (Å²) >= 11 is 0. The fourth-order valence-electron chi connectivity index (χ4n) is 5.05. The smallest absolute Gasteiger partial charge is 0.389 e. The van der Waals surface area contributed by atoms with Crippen LogP contribution in [-0.2, 0) is 9.53 Å². The van der Waals surface area contributed by atoms with Gasteiger partial charge >= 0.3 is 12.2 Å². The topological polar surface area (TPSA) is 120 Å². The number of anilines is 2. The molecule has 0 aliphatic carbocycles. The van der Waals surface area contributed by atoms with E-state index < -0.39 is 54.8 Å². The third kappa shape index (κ3) is 12.0. The van der Waals surface area contributed by atoms with Crippen LogP contribution in [-0.4, -0.2) is 90.5 Å². The van der Waals surface area contributed by atoms with Crippen molar-refractivity contribution < 1.29 is 46.5 Å². The van der Waals surface area contributed by atoms with Gasteiger partial charge in [-0.25, -0.2) is 9.18 Å². The molecule has 14 heteroatoms. The number of hydrogen-bond donors (Lipinski definition) is 3. The Bertz CT molecular complexity index is 1340. The first-order valence-electron chi connectivity index (χ1n) is 15.6. The highest BCUT2D eigenvalue weighted by molar-refractivity contribution is 5.99. The van der Waals surface area contributed by atoms with E-state index in [9.17, 15) is 37.1 Å². The summed E-state index contributed by atoms with van der Waals surface area (Å²) in [4.78, 5) is 42.2. The number of carbonyl (C=O) groups is 3. The van der Waals surface area contributed by atoms with E-state index in [2.05, 4.69) is 10.6 Å². The van der Waals surface area contributed by atoms with Crippen molar-refractivity contribution in [1.29, 1.82) is 0 Å². The molecule has 47 heavy (non-hydrogen) atoms. The second-order valence-electron chi connectivity index (χ2n) is 12.0. The summed E-state index contributed by atoms with van der Waals surface area (Å²) in [7, 11) is 1.60. The Labute approximate surface area is 272 Å². The molecule has 4 atom stereocenters. The molecule has 0 aromatic heterocycles. The van der Waals surface area contributed by atoms with Gasteiger partial charge in [0.15, 0.2) is 0 Å². The Morgan fingerprint density at radius 1 is 1.09 bits per heavy atom. The van der Waals surface area contributed by atoms with Crippen LogP contribution in [0.25, 0.3) is 0 Å². The first-order valence-corrected chi connectivity index (χ1v) is 15.6. The van der Waals surface area contributed by atoms with Crippen molar-refractivity contribution in [2.45, 2.75) is 77.3 Å². The normalized spacial score (nSPS) is 20.3. The Balaban J connectivity index is 1.87. The number of amides is 4. The van der Waals surface area contributed by atoms with Gasteiger partial charge in [-0.15, -0.1) is 0 Å². The standard InChI is InChI=1S/C33H44F4N4O6/c1-21-18-41(22(2)20-42)31(44)27-17-26(38-30(43)14-15-33(35,36)37)12-13-28(27)47-23(3)7-5-6-16-46-29(21)19-40(4)32(45)39-25-10-8-24(34)9-11-25/h8-13,17,21-23,29,42H,5-7,14-16,18-20H2,1-4H3,(H,38,43)(H,39,45)/t21-,22+,23+,29-/m0/s1. The van der Waals surface area contributed by atoms with Gasteiger partial charge in [0.1, 0.15) is 11.6 Å². The number of fused-ring (bicyclic) bond motifs is 1. The van der Waals surface area contributed by atoms with E-state index in [1.165, 1.54) is 52.3 Å².